The molecule has 0 saturated heterocycles. The molecule has 158 valence electrons. The van der Waals surface area contributed by atoms with Gasteiger partial charge in [-0.1, -0.05) is 63.2 Å². The fraction of sp³-hybridized carbons (Fsp3) is 0.348. The number of nitrogens with one attached hydrogen (secondary N) is 2. The zero-order valence-electron chi connectivity index (χ0n) is 17.6. The van der Waals surface area contributed by atoms with Gasteiger partial charge in [-0.3, -0.25) is 14.7 Å². The fourth-order valence-electron chi connectivity index (χ4n) is 3.76. The topological polar surface area (TPSA) is 78.1 Å². The Bertz CT molecular complexity index is 1110. The molecule has 2 heterocycles. The first kappa shape index (κ1) is 20.6. The molecule has 1 aromatic heterocycles. The molecule has 2 N–H and O–H groups in total. The minimum atomic E-state index is -3.69. The van der Waals surface area contributed by atoms with Crippen LogP contribution in [0.5, 0.6) is 0 Å². The lowest BCUT2D eigenvalue weighted by molar-refractivity contribution is 0.242. The van der Waals surface area contributed by atoms with Gasteiger partial charge in [0.1, 0.15) is 0 Å². The molecule has 4 rings (SSSR count). The van der Waals surface area contributed by atoms with E-state index in [-0.39, 0.29) is 10.3 Å². The Kier molecular flexibility index (Phi) is 5.42. The first-order valence-electron chi connectivity index (χ1n) is 10.2. The van der Waals surface area contributed by atoms with Crippen LogP contribution >= 0.6 is 0 Å². The lowest BCUT2D eigenvalue weighted by Crippen LogP contribution is -2.30. The summed E-state index contributed by atoms with van der Waals surface area (Å²) in [7, 11) is -3.69. The van der Waals surface area contributed by atoms with E-state index in [2.05, 4.69) is 52.7 Å². The highest BCUT2D eigenvalue weighted by Gasteiger charge is 2.25. The van der Waals surface area contributed by atoms with E-state index >= 15 is 0 Å². The lowest BCUT2D eigenvalue weighted by Gasteiger charge is -2.26. The Hall–Kier alpha value is -2.64. The Balaban J connectivity index is 1.48. The molecule has 1 aliphatic heterocycles. The van der Waals surface area contributed by atoms with Gasteiger partial charge in [-0.2, -0.15) is 5.10 Å². The number of hydrogen-bond donors (Lipinski definition) is 2. The number of benzene rings is 2. The van der Waals surface area contributed by atoms with E-state index in [1.807, 2.05) is 30.3 Å². The van der Waals surface area contributed by atoms with Crippen molar-refractivity contribution in [1.29, 1.82) is 0 Å². The third-order valence-electron chi connectivity index (χ3n) is 5.52. The number of hydrogen-bond acceptors (Lipinski definition) is 4. The summed E-state index contributed by atoms with van der Waals surface area (Å²) in [5.74, 6) is 0.407. The van der Waals surface area contributed by atoms with E-state index in [0.717, 1.165) is 42.9 Å². The molecule has 0 saturated carbocycles. The zero-order chi connectivity index (χ0) is 21.4. The van der Waals surface area contributed by atoms with Crippen molar-refractivity contribution in [3.63, 3.8) is 0 Å². The van der Waals surface area contributed by atoms with Crippen LogP contribution in [0.2, 0.25) is 0 Å². The van der Waals surface area contributed by atoms with Crippen molar-refractivity contribution in [2.45, 2.75) is 50.6 Å². The highest BCUT2D eigenvalue weighted by Crippen LogP contribution is 2.28. The lowest BCUT2D eigenvalue weighted by atomic mass is 9.87. The summed E-state index contributed by atoms with van der Waals surface area (Å²) in [4.78, 5) is 2.58. The maximum Gasteiger partial charge on any atom is 0.263 e. The fourth-order valence-corrected chi connectivity index (χ4v) is 4.79. The van der Waals surface area contributed by atoms with Gasteiger partial charge in [0.05, 0.1) is 10.6 Å². The van der Waals surface area contributed by atoms with Crippen LogP contribution < -0.4 is 4.72 Å². The molecule has 0 bridgehead atoms. The van der Waals surface area contributed by atoms with Crippen molar-refractivity contribution in [2.75, 3.05) is 11.3 Å². The number of H-pyrrole nitrogens is 1. The van der Waals surface area contributed by atoms with E-state index in [1.165, 1.54) is 5.56 Å². The van der Waals surface area contributed by atoms with E-state index in [0.29, 0.717) is 5.82 Å². The van der Waals surface area contributed by atoms with Crippen molar-refractivity contribution in [1.82, 2.24) is 15.1 Å². The van der Waals surface area contributed by atoms with Crippen LogP contribution in [-0.4, -0.2) is 30.1 Å². The summed E-state index contributed by atoms with van der Waals surface area (Å²) >= 11 is 0. The predicted octanol–water partition coefficient (Wildman–Crippen LogP) is 4.07. The smallest absolute Gasteiger partial charge is 0.263 e. The van der Waals surface area contributed by atoms with Gasteiger partial charge >= 0.3 is 0 Å². The molecule has 0 aliphatic carbocycles. The van der Waals surface area contributed by atoms with Gasteiger partial charge in [-0.25, -0.2) is 8.42 Å². The number of aromatic nitrogens is 2. The molecule has 0 atom stereocenters. The first-order valence-corrected chi connectivity index (χ1v) is 11.7. The van der Waals surface area contributed by atoms with E-state index in [1.54, 1.807) is 12.1 Å². The zero-order valence-corrected chi connectivity index (χ0v) is 18.5. The van der Waals surface area contributed by atoms with Gasteiger partial charge < -0.3 is 0 Å². The van der Waals surface area contributed by atoms with Gasteiger partial charge in [-0.15, -0.1) is 0 Å². The van der Waals surface area contributed by atoms with Crippen LogP contribution in [0.1, 0.15) is 43.2 Å². The minimum absolute atomic E-state index is 0.0252. The highest BCUT2D eigenvalue weighted by molar-refractivity contribution is 7.92. The largest absolute Gasteiger partial charge is 0.293 e. The number of sulfonamides is 1. The van der Waals surface area contributed by atoms with Gasteiger partial charge in [0.15, 0.2) is 5.82 Å². The molecule has 30 heavy (non-hydrogen) atoms. The predicted molar refractivity (Wildman–Crippen MR) is 119 cm³/mol. The third kappa shape index (κ3) is 4.42. The average molecular weight is 425 g/mol. The molecule has 0 spiro atoms. The minimum Gasteiger partial charge on any atom is -0.293 e. The molecule has 0 fully saturated rings. The summed E-state index contributed by atoms with van der Waals surface area (Å²) < 4.78 is 28.4. The Morgan fingerprint density at radius 1 is 1.07 bits per heavy atom. The number of anilines is 1. The van der Waals surface area contributed by atoms with Crippen molar-refractivity contribution in [3.05, 3.63) is 77.0 Å². The van der Waals surface area contributed by atoms with Crippen molar-refractivity contribution in [2.24, 2.45) is 0 Å². The summed E-state index contributed by atoms with van der Waals surface area (Å²) in [6.45, 7) is 8.75. The SMILES string of the molecule is CC(C)(C)c1ccc(S(=O)(=O)Nc2n[nH]c3c2CCN(Cc2ccccc2)C3)cc1. The van der Waals surface area contributed by atoms with Crippen LogP contribution in [0.3, 0.4) is 0 Å². The maximum absolute atomic E-state index is 12.9. The standard InChI is InChI=1S/C23H28N4O2S/c1-23(2,3)18-9-11-19(12-10-18)30(28,29)26-22-20-13-14-27(16-21(20)24-25-22)15-17-7-5-4-6-8-17/h4-12H,13-16H2,1-3H3,(H2,24,25,26). The van der Waals surface area contributed by atoms with Crippen LogP contribution in [0.4, 0.5) is 5.82 Å². The first-order chi connectivity index (χ1) is 14.2. The van der Waals surface area contributed by atoms with E-state index in [9.17, 15) is 8.42 Å². The number of aromatic amines is 1. The molecular formula is C23H28N4O2S. The van der Waals surface area contributed by atoms with Crippen LogP contribution in [-0.2, 0) is 34.9 Å². The monoisotopic (exact) mass is 424 g/mol. The van der Waals surface area contributed by atoms with Crippen LogP contribution in [0.25, 0.3) is 0 Å². The molecule has 0 radical (unpaired) electrons. The molecule has 1 aliphatic rings. The summed E-state index contributed by atoms with van der Waals surface area (Å²) in [6.07, 6.45) is 0.749. The van der Waals surface area contributed by atoms with Gasteiger partial charge in [0.25, 0.3) is 10.0 Å². The summed E-state index contributed by atoms with van der Waals surface area (Å²) in [5, 5.41) is 7.29. The summed E-state index contributed by atoms with van der Waals surface area (Å²) in [6, 6.07) is 17.4. The average Bonchev–Trinajstić information content (AvgIpc) is 3.09. The highest BCUT2D eigenvalue weighted by atomic mass is 32.2. The van der Waals surface area contributed by atoms with E-state index < -0.39 is 10.0 Å². The molecule has 7 heteroatoms. The summed E-state index contributed by atoms with van der Waals surface area (Å²) in [5.41, 5.74) is 4.26. The van der Waals surface area contributed by atoms with Crippen LogP contribution in [0.15, 0.2) is 59.5 Å². The van der Waals surface area contributed by atoms with Crippen LogP contribution in [0, 0.1) is 0 Å². The second-order valence-corrected chi connectivity index (χ2v) is 10.5. The molecule has 0 amide bonds. The second kappa shape index (κ2) is 7.89. The quantitative estimate of drug-likeness (QED) is 0.647. The normalized spacial score (nSPS) is 15.0. The van der Waals surface area contributed by atoms with E-state index in [4.69, 9.17) is 0 Å². The second-order valence-electron chi connectivity index (χ2n) is 8.86. The third-order valence-corrected chi connectivity index (χ3v) is 6.88. The van der Waals surface area contributed by atoms with Crippen molar-refractivity contribution >= 4 is 15.8 Å². The van der Waals surface area contributed by atoms with Gasteiger partial charge in [-0.05, 0) is 35.1 Å². The molecule has 3 aromatic rings. The molecule has 0 unspecified atom stereocenters. The van der Waals surface area contributed by atoms with Gasteiger partial charge in [0, 0.05) is 25.2 Å². The Labute approximate surface area is 178 Å². The number of fused-ring (bicyclic) bond motifs is 1. The molecular weight excluding hydrogens is 396 g/mol. The Morgan fingerprint density at radius 3 is 2.43 bits per heavy atom. The molecule has 6 nitrogen and oxygen atoms in total. The number of rotatable bonds is 5. The number of nitrogens with zero attached hydrogens (tertiary/aromatic N) is 2. The van der Waals surface area contributed by atoms with Crippen molar-refractivity contribution in [3.8, 4) is 0 Å². The van der Waals surface area contributed by atoms with Crippen molar-refractivity contribution < 1.29 is 8.42 Å². The maximum atomic E-state index is 12.9. The van der Waals surface area contributed by atoms with Gasteiger partial charge in [0.2, 0.25) is 0 Å². The Morgan fingerprint density at radius 2 is 1.77 bits per heavy atom. The molecule has 2 aromatic carbocycles.